The number of rotatable bonds is 7. The summed E-state index contributed by atoms with van der Waals surface area (Å²) in [6.45, 7) is 3.16. The number of carbonyl (C=O) groups excluding carboxylic acids is 3. The van der Waals surface area contributed by atoms with Gasteiger partial charge in [-0.05, 0) is 42.3 Å². The number of carbonyl (C=O) groups is 6. The Hall–Kier alpha value is -3.63. The minimum atomic E-state index is -1.40. The summed E-state index contributed by atoms with van der Waals surface area (Å²) in [6.07, 6.45) is 1.03. The van der Waals surface area contributed by atoms with Gasteiger partial charge in [0.15, 0.2) is 18.2 Å². The normalized spacial score (nSPS) is 29.6. The minimum absolute atomic E-state index is 0.149. The van der Waals surface area contributed by atoms with E-state index in [0.29, 0.717) is 5.56 Å². The van der Waals surface area contributed by atoms with Gasteiger partial charge in [0.1, 0.15) is 23.2 Å². The van der Waals surface area contributed by atoms with Crippen LogP contribution in [0.3, 0.4) is 0 Å². The molecule has 39 heavy (non-hydrogen) atoms. The van der Waals surface area contributed by atoms with E-state index in [2.05, 4.69) is 5.32 Å². The highest BCUT2D eigenvalue weighted by Gasteiger charge is 2.64. The van der Waals surface area contributed by atoms with Crippen LogP contribution in [-0.2, 0) is 33.5 Å². The molecule has 1 aromatic heterocycles. The van der Waals surface area contributed by atoms with E-state index in [-0.39, 0.29) is 24.7 Å². The van der Waals surface area contributed by atoms with Gasteiger partial charge >= 0.3 is 17.9 Å². The monoisotopic (exact) mass is 583 g/mol. The lowest BCUT2D eigenvalue weighted by Gasteiger charge is -2.43. The number of aliphatic carboxylic acids is 3. The van der Waals surface area contributed by atoms with Crippen LogP contribution < -0.4 is 5.32 Å². The van der Waals surface area contributed by atoms with E-state index in [4.69, 9.17) is 14.9 Å². The second-order valence-corrected chi connectivity index (χ2v) is 12.1. The first kappa shape index (κ1) is 28.4. The SMILES string of the molecule is CC1(C)SC2C(NC(=O)C(C(=O)O)c3ccsc3)C(=O)N2C1C(=O)O.O=C(O)C1/C(=C\CO)OC2CC(=O)N21. The Labute approximate surface area is 229 Å². The first-order valence-electron chi connectivity index (χ1n) is 11.6. The molecule has 0 saturated carbocycles. The van der Waals surface area contributed by atoms with E-state index in [9.17, 15) is 39.0 Å². The fourth-order valence-corrected chi connectivity index (χ4v) is 7.20. The first-order chi connectivity index (χ1) is 18.3. The number of nitrogens with one attached hydrogen (secondary N) is 1. The van der Waals surface area contributed by atoms with Gasteiger partial charge in [0.25, 0.3) is 0 Å². The maximum absolute atomic E-state index is 12.4. The molecule has 0 aromatic carbocycles. The van der Waals surface area contributed by atoms with Crippen molar-refractivity contribution in [1.82, 2.24) is 15.1 Å². The van der Waals surface area contributed by atoms with Crippen LogP contribution in [0.4, 0.5) is 0 Å². The van der Waals surface area contributed by atoms with Crippen molar-refractivity contribution in [2.45, 2.75) is 60.7 Å². The van der Waals surface area contributed by atoms with Crippen LogP contribution in [-0.4, -0.2) is 107 Å². The van der Waals surface area contributed by atoms with Crippen LogP contribution in [0.1, 0.15) is 31.7 Å². The van der Waals surface area contributed by atoms with Gasteiger partial charge in [-0.1, -0.05) is 0 Å². The molecule has 4 saturated heterocycles. The summed E-state index contributed by atoms with van der Waals surface area (Å²) < 4.78 is 4.47. The number of hydrogen-bond acceptors (Lipinski definition) is 10. The zero-order valence-electron chi connectivity index (χ0n) is 20.5. The second-order valence-electron chi connectivity index (χ2n) is 9.52. The molecule has 5 N–H and O–H groups in total. The summed E-state index contributed by atoms with van der Waals surface area (Å²) in [5.41, 5.74) is 0.349. The highest BCUT2D eigenvalue weighted by Crippen LogP contribution is 2.50. The fourth-order valence-electron chi connectivity index (χ4n) is 4.89. The van der Waals surface area contributed by atoms with Crippen LogP contribution in [0.25, 0.3) is 0 Å². The predicted molar refractivity (Wildman–Crippen MR) is 133 cm³/mol. The van der Waals surface area contributed by atoms with Gasteiger partial charge in [0.05, 0.1) is 13.0 Å². The quantitative estimate of drug-likeness (QED) is 0.202. The molecule has 210 valence electrons. The average molecular weight is 584 g/mol. The number of thiophene rings is 1. The Morgan fingerprint density at radius 2 is 1.87 bits per heavy atom. The molecule has 0 aliphatic carbocycles. The van der Waals surface area contributed by atoms with Crippen molar-refractivity contribution in [3.05, 3.63) is 34.2 Å². The van der Waals surface area contributed by atoms with E-state index < -0.39 is 70.1 Å². The van der Waals surface area contributed by atoms with Crippen LogP contribution in [0, 0.1) is 0 Å². The molecule has 6 unspecified atom stereocenters. The Kier molecular flexibility index (Phi) is 7.64. The van der Waals surface area contributed by atoms with Crippen molar-refractivity contribution in [3.8, 4) is 0 Å². The third kappa shape index (κ3) is 4.94. The Morgan fingerprint density at radius 1 is 1.18 bits per heavy atom. The number of nitrogens with zero attached hydrogens (tertiary/aromatic N) is 2. The largest absolute Gasteiger partial charge is 0.480 e. The van der Waals surface area contributed by atoms with Gasteiger partial charge in [0.2, 0.25) is 17.7 Å². The molecule has 5 rings (SSSR count). The van der Waals surface area contributed by atoms with Crippen LogP contribution >= 0.6 is 23.1 Å². The number of thioether (sulfide) groups is 1. The summed E-state index contributed by atoms with van der Waals surface area (Å²) in [6, 6.07) is -1.41. The maximum Gasteiger partial charge on any atom is 0.334 e. The third-order valence-corrected chi connectivity index (χ3v) is 8.93. The van der Waals surface area contributed by atoms with Gasteiger partial charge in [-0.15, -0.1) is 11.8 Å². The van der Waals surface area contributed by atoms with E-state index in [1.807, 2.05) is 0 Å². The Balaban J connectivity index is 0.000000212. The minimum Gasteiger partial charge on any atom is -0.480 e. The van der Waals surface area contributed by atoms with Crippen molar-refractivity contribution in [2.24, 2.45) is 0 Å². The molecule has 1 aromatic rings. The number of ether oxygens (including phenoxy) is 1. The average Bonchev–Trinajstić information content (AvgIpc) is 3.52. The van der Waals surface area contributed by atoms with E-state index in [1.165, 1.54) is 39.0 Å². The van der Waals surface area contributed by atoms with E-state index in [0.717, 1.165) is 0 Å². The number of aliphatic hydroxyl groups is 1. The number of amides is 3. The second kappa shape index (κ2) is 10.5. The van der Waals surface area contributed by atoms with Crippen molar-refractivity contribution in [3.63, 3.8) is 0 Å². The van der Waals surface area contributed by atoms with Gasteiger partial charge in [-0.3, -0.25) is 24.1 Å². The Bertz CT molecular complexity index is 1250. The zero-order chi connectivity index (χ0) is 28.8. The zero-order valence-corrected chi connectivity index (χ0v) is 22.2. The number of aliphatic hydroxyl groups excluding tert-OH is 1. The van der Waals surface area contributed by atoms with Gasteiger partial charge in [-0.2, -0.15) is 11.3 Å². The number of hydrogen-bond donors (Lipinski definition) is 5. The lowest BCUT2D eigenvalue weighted by molar-refractivity contribution is -0.163. The van der Waals surface area contributed by atoms with Crippen LogP contribution in [0.15, 0.2) is 28.7 Å². The summed E-state index contributed by atoms with van der Waals surface area (Å²) in [5, 5.41) is 41.4. The molecule has 0 radical (unpaired) electrons. The van der Waals surface area contributed by atoms with Crippen molar-refractivity contribution in [2.75, 3.05) is 6.61 Å². The molecular formula is C23H25N3O11S2. The van der Waals surface area contributed by atoms with Crippen LogP contribution in [0.2, 0.25) is 0 Å². The lowest BCUT2D eigenvalue weighted by atomic mass is 9.95. The molecule has 4 fully saturated rings. The molecular weight excluding hydrogens is 558 g/mol. The molecule has 16 heteroatoms. The molecule has 3 amide bonds. The smallest absolute Gasteiger partial charge is 0.334 e. The van der Waals surface area contributed by atoms with Gasteiger partial charge in [-0.25, -0.2) is 9.59 Å². The van der Waals surface area contributed by atoms with Crippen molar-refractivity contribution in [1.29, 1.82) is 0 Å². The maximum atomic E-state index is 12.4. The standard InChI is InChI=1S/C15H16N2O6S2.C8H9NO5/c1-15(2)9(14(22)23)17-11(19)8(12(17)25-15)16-10(18)7(13(20)21)6-3-4-24-5-6;10-2-1-4-7(8(12)13)9-5(11)3-6(9)14-4/h3-5,7-9,12H,1-2H3,(H,16,18)(H,20,21)(H,22,23);1,6-7,10H,2-3H2,(H,12,13)/b;4-1+. The van der Waals surface area contributed by atoms with Crippen LogP contribution in [0.5, 0.6) is 0 Å². The van der Waals surface area contributed by atoms with Gasteiger partial charge in [0, 0.05) is 4.75 Å². The predicted octanol–water partition coefficient (Wildman–Crippen LogP) is -0.548. The summed E-state index contributed by atoms with van der Waals surface area (Å²) in [7, 11) is 0. The molecule has 14 nitrogen and oxygen atoms in total. The van der Waals surface area contributed by atoms with Gasteiger partial charge < -0.3 is 35.4 Å². The number of carboxylic acids is 3. The highest BCUT2D eigenvalue weighted by atomic mass is 32.2. The van der Waals surface area contributed by atoms with E-state index in [1.54, 1.807) is 30.7 Å². The van der Waals surface area contributed by atoms with Crippen molar-refractivity contribution >= 4 is 58.7 Å². The molecule has 6 atom stereocenters. The Morgan fingerprint density at radius 3 is 2.38 bits per heavy atom. The molecule has 0 bridgehead atoms. The molecule has 4 aliphatic rings. The van der Waals surface area contributed by atoms with Crippen molar-refractivity contribution < 1.29 is 53.9 Å². The molecule has 4 aliphatic heterocycles. The molecule has 5 heterocycles. The number of carboxylic acid groups (broad SMARTS) is 3. The summed E-state index contributed by atoms with van der Waals surface area (Å²) in [4.78, 5) is 72.0. The number of fused-ring (bicyclic) bond motifs is 2. The first-order valence-corrected chi connectivity index (χ1v) is 13.4. The van der Waals surface area contributed by atoms with E-state index >= 15 is 0 Å². The highest BCUT2D eigenvalue weighted by molar-refractivity contribution is 8.01. The number of β-lactam (4-membered cyclic amide) rings is 2. The fraction of sp³-hybridized carbons (Fsp3) is 0.478. The third-order valence-electron chi connectivity index (χ3n) is 6.65. The summed E-state index contributed by atoms with van der Waals surface area (Å²) >= 11 is 2.56. The topological polar surface area (TPSA) is 211 Å². The molecule has 0 spiro atoms. The summed E-state index contributed by atoms with van der Waals surface area (Å²) in [5.74, 6) is -6.30. The lowest BCUT2D eigenvalue weighted by Crippen LogP contribution is -2.71.